The first kappa shape index (κ1) is 19.0. The molecule has 0 aliphatic carbocycles. The van der Waals surface area contributed by atoms with Crippen LogP contribution in [0.15, 0.2) is 72.8 Å². The quantitative estimate of drug-likeness (QED) is 0.622. The van der Waals surface area contributed by atoms with Crippen LogP contribution < -0.4 is 10.6 Å². The Hall–Kier alpha value is -2.82. The topological polar surface area (TPSA) is 58.2 Å². The third-order valence-electron chi connectivity index (χ3n) is 3.90. The van der Waals surface area contributed by atoms with Crippen molar-refractivity contribution in [3.8, 4) is 0 Å². The summed E-state index contributed by atoms with van der Waals surface area (Å²) in [6.07, 6.45) is 0. The second kappa shape index (κ2) is 8.71. The number of hydrogen-bond acceptors (Lipinski definition) is 2. The van der Waals surface area contributed by atoms with Crippen LogP contribution in [0.3, 0.4) is 0 Å². The maximum Gasteiger partial charge on any atom is 0.255 e. The van der Waals surface area contributed by atoms with Crippen LogP contribution in [-0.4, -0.2) is 11.8 Å². The van der Waals surface area contributed by atoms with E-state index in [0.29, 0.717) is 28.4 Å². The molecule has 0 saturated heterocycles. The SMILES string of the molecule is O=C(NCc1ccccc1)c1ccc(C(=O)Nc2cccc(Cl)c2Cl)cc1. The van der Waals surface area contributed by atoms with E-state index in [0.717, 1.165) is 5.56 Å². The lowest BCUT2D eigenvalue weighted by molar-refractivity contribution is 0.0949. The van der Waals surface area contributed by atoms with Gasteiger partial charge in [0.15, 0.2) is 0 Å². The number of carbonyl (C=O) groups excluding carboxylic acids is 2. The Morgan fingerprint density at radius 3 is 2.04 bits per heavy atom. The minimum absolute atomic E-state index is 0.205. The Balaban J connectivity index is 1.63. The van der Waals surface area contributed by atoms with Crippen molar-refractivity contribution in [3.63, 3.8) is 0 Å². The molecule has 27 heavy (non-hydrogen) atoms. The molecule has 0 heterocycles. The van der Waals surface area contributed by atoms with Crippen molar-refractivity contribution in [2.24, 2.45) is 0 Å². The zero-order chi connectivity index (χ0) is 19.2. The second-order valence-electron chi connectivity index (χ2n) is 5.80. The molecule has 0 aromatic heterocycles. The number of halogens is 2. The molecule has 6 heteroatoms. The molecule has 3 aromatic carbocycles. The molecule has 0 radical (unpaired) electrons. The molecule has 0 atom stereocenters. The highest BCUT2D eigenvalue weighted by molar-refractivity contribution is 6.44. The first-order chi connectivity index (χ1) is 13.0. The van der Waals surface area contributed by atoms with Gasteiger partial charge in [0.05, 0.1) is 15.7 Å². The lowest BCUT2D eigenvalue weighted by atomic mass is 10.1. The van der Waals surface area contributed by atoms with Gasteiger partial charge >= 0.3 is 0 Å². The molecule has 0 bridgehead atoms. The number of hydrogen-bond donors (Lipinski definition) is 2. The monoisotopic (exact) mass is 398 g/mol. The van der Waals surface area contributed by atoms with Crippen LogP contribution in [0.1, 0.15) is 26.3 Å². The van der Waals surface area contributed by atoms with E-state index in [1.54, 1.807) is 42.5 Å². The van der Waals surface area contributed by atoms with Gasteiger partial charge in [-0.25, -0.2) is 0 Å². The molecule has 0 aliphatic rings. The summed E-state index contributed by atoms with van der Waals surface area (Å²) in [6.45, 7) is 0.440. The van der Waals surface area contributed by atoms with Gasteiger partial charge in [0.1, 0.15) is 0 Å². The largest absolute Gasteiger partial charge is 0.348 e. The fourth-order valence-corrected chi connectivity index (χ4v) is 2.80. The standard InChI is InChI=1S/C21H16Cl2N2O2/c22-17-7-4-8-18(19(17)23)25-21(27)16-11-9-15(10-12-16)20(26)24-13-14-5-2-1-3-6-14/h1-12H,13H2,(H,24,26)(H,25,27). The van der Waals surface area contributed by atoms with Crippen molar-refractivity contribution < 1.29 is 9.59 Å². The number of nitrogens with one attached hydrogen (secondary N) is 2. The third-order valence-corrected chi connectivity index (χ3v) is 4.72. The summed E-state index contributed by atoms with van der Waals surface area (Å²) in [5.41, 5.74) is 2.33. The number of rotatable bonds is 5. The van der Waals surface area contributed by atoms with E-state index < -0.39 is 0 Å². The minimum atomic E-state index is -0.338. The van der Waals surface area contributed by atoms with Gasteiger partial charge in [-0.2, -0.15) is 0 Å². The molecule has 0 fully saturated rings. The zero-order valence-corrected chi connectivity index (χ0v) is 15.7. The van der Waals surface area contributed by atoms with Crippen LogP contribution in [0, 0.1) is 0 Å². The highest BCUT2D eigenvalue weighted by Gasteiger charge is 2.12. The molecular formula is C21H16Cl2N2O2. The average molecular weight is 399 g/mol. The molecule has 0 aliphatic heterocycles. The second-order valence-corrected chi connectivity index (χ2v) is 6.59. The van der Waals surface area contributed by atoms with E-state index in [1.165, 1.54) is 0 Å². The van der Waals surface area contributed by atoms with Crippen molar-refractivity contribution in [3.05, 3.63) is 99.5 Å². The van der Waals surface area contributed by atoms with Crippen molar-refractivity contribution >= 4 is 40.7 Å². The van der Waals surface area contributed by atoms with Gasteiger partial charge in [0, 0.05) is 17.7 Å². The van der Waals surface area contributed by atoms with Crippen LogP contribution in [0.5, 0.6) is 0 Å². The van der Waals surface area contributed by atoms with E-state index in [9.17, 15) is 9.59 Å². The van der Waals surface area contributed by atoms with Crippen LogP contribution in [-0.2, 0) is 6.54 Å². The van der Waals surface area contributed by atoms with E-state index >= 15 is 0 Å². The van der Waals surface area contributed by atoms with Crippen molar-refractivity contribution in [1.82, 2.24) is 5.32 Å². The normalized spacial score (nSPS) is 10.3. The molecule has 2 amide bonds. The highest BCUT2D eigenvalue weighted by atomic mass is 35.5. The Bertz CT molecular complexity index is 958. The molecule has 3 aromatic rings. The molecule has 2 N–H and O–H groups in total. The summed E-state index contributed by atoms with van der Waals surface area (Å²) in [5.74, 6) is -0.542. The first-order valence-corrected chi connectivity index (χ1v) is 8.98. The number of benzene rings is 3. The lowest BCUT2D eigenvalue weighted by Crippen LogP contribution is -2.22. The smallest absolute Gasteiger partial charge is 0.255 e. The van der Waals surface area contributed by atoms with E-state index in [2.05, 4.69) is 10.6 Å². The lowest BCUT2D eigenvalue weighted by Gasteiger charge is -2.09. The summed E-state index contributed by atoms with van der Waals surface area (Å²) >= 11 is 12.0. The van der Waals surface area contributed by atoms with Gasteiger partial charge in [-0.3, -0.25) is 9.59 Å². The molecule has 4 nitrogen and oxygen atoms in total. The maximum atomic E-state index is 12.4. The fraction of sp³-hybridized carbons (Fsp3) is 0.0476. The zero-order valence-electron chi connectivity index (χ0n) is 14.2. The van der Waals surface area contributed by atoms with Crippen molar-refractivity contribution in [1.29, 1.82) is 0 Å². The van der Waals surface area contributed by atoms with E-state index in [-0.39, 0.29) is 16.8 Å². The van der Waals surface area contributed by atoms with Gasteiger partial charge in [-0.1, -0.05) is 59.6 Å². The fourth-order valence-electron chi connectivity index (χ4n) is 2.45. The van der Waals surface area contributed by atoms with Gasteiger partial charge < -0.3 is 10.6 Å². The van der Waals surface area contributed by atoms with E-state index in [1.807, 2.05) is 30.3 Å². The van der Waals surface area contributed by atoms with Crippen LogP contribution in [0.4, 0.5) is 5.69 Å². The molecule has 0 spiro atoms. The Morgan fingerprint density at radius 1 is 0.741 bits per heavy atom. The molecule has 136 valence electrons. The van der Waals surface area contributed by atoms with Gasteiger partial charge in [0.2, 0.25) is 0 Å². The predicted molar refractivity (Wildman–Crippen MR) is 108 cm³/mol. The summed E-state index contributed by atoms with van der Waals surface area (Å²) in [5, 5.41) is 6.20. The number of carbonyl (C=O) groups is 2. The van der Waals surface area contributed by atoms with Gasteiger partial charge in [-0.15, -0.1) is 0 Å². The Labute approximate surface area is 167 Å². The minimum Gasteiger partial charge on any atom is -0.348 e. The summed E-state index contributed by atoms with van der Waals surface area (Å²) < 4.78 is 0. The first-order valence-electron chi connectivity index (χ1n) is 8.22. The van der Waals surface area contributed by atoms with Crippen LogP contribution >= 0.6 is 23.2 Å². The maximum absolute atomic E-state index is 12.4. The predicted octanol–water partition coefficient (Wildman–Crippen LogP) is 5.18. The van der Waals surface area contributed by atoms with Crippen LogP contribution in [0.2, 0.25) is 10.0 Å². The summed E-state index contributed by atoms with van der Waals surface area (Å²) in [6, 6.07) is 21.0. The van der Waals surface area contributed by atoms with E-state index in [4.69, 9.17) is 23.2 Å². The molecule has 0 unspecified atom stereocenters. The number of anilines is 1. The molecular weight excluding hydrogens is 383 g/mol. The summed E-state index contributed by atoms with van der Waals surface area (Å²) in [7, 11) is 0. The highest BCUT2D eigenvalue weighted by Crippen LogP contribution is 2.29. The van der Waals surface area contributed by atoms with Crippen LogP contribution in [0.25, 0.3) is 0 Å². The third kappa shape index (κ3) is 4.88. The van der Waals surface area contributed by atoms with Gasteiger partial charge in [-0.05, 0) is 42.0 Å². The average Bonchev–Trinajstić information content (AvgIpc) is 2.70. The van der Waals surface area contributed by atoms with Gasteiger partial charge in [0.25, 0.3) is 11.8 Å². The number of amides is 2. The Kier molecular flexibility index (Phi) is 6.12. The molecule has 3 rings (SSSR count). The van der Waals surface area contributed by atoms with Crippen molar-refractivity contribution in [2.45, 2.75) is 6.54 Å². The van der Waals surface area contributed by atoms with Crippen molar-refractivity contribution in [2.75, 3.05) is 5.32 Å². The summed E-state index contributed by atoms with van der Waals surface area (Å²) in [4.78, 5) is 24.6. The Morgan fingerprint density at radius 2 is 1.37 bits per heavy atom. The molecule has 0 saturated carbocycles.